The fourth-order valence-electron chi connectivity index (χ4n) is 2.51. The number of rotatable bonds is 6. The first-order chi connectivity index (χ1) is 10.9. The lowest BCUT2D eigenvalue weighted by Crippen LogP contribution is -2.45. The molecule has 1 heterocycles. The minimum atomic E-state index is -0.488. The molecule has 1 N–H and O–H groups in total. The van der Waals surface area contributed by atoms with Gasteiger partial charge in [-0.3, -0.25) is 9.59 Å². The molecule has 6 nitrogen and oxygen atoms in total. The lowest BCUT2D eigenvalue weighted by molar-refractivity contribution is -0.125. The van der Waals surface area contributed by atoms with Crippen LogP contribution in [0.15, 0.2) is 18.2 Å². The molecule has 1 aliphatic heterocycles. The molecule has 1 aromatic carbocycles. The van der Waals surface area contributed by atoms with Crippen LogP contribution in [0, 0.1) is 0 Å². The fraction of sp³-hybridized carbons (Fsp3) is 0.529. The second-order valence-corrected chi connectivity index (χ2v) is 5.99. The van der Waals surface area contributed by atoms with E-state index in [9.17, 15) is 9.59 Å². The van der Waals surface area contributed by atoms with Gasteiger partial charge < -0.3 is 19.9 Å². The number of carbonyl (C=O) groups is 2. The molecular weight excluding hydrogens is 294 g/mol. The van der Waals surface area contributed by atoms with Gasteiger partial charge in [-0.15, -0.1) is 0 Å². The van der Waals surface area contributed by atoms with Gasteiger partial charge in [0, 0.05) is 18.7 Å². The summed E-state index contributed by atoms with van der Waals surface area (Å²) in [5.41, 5.74) is 1.40. The number of amides is 2. The molecule has 0 bridgehead atoms. The molecule has 126 valence electrons. The number of hydrogen-bond acceptors (Lipinski definition) is 4. The summed E-state index contributed by atoms with van der Waals surface area (Å²) in [6, 6.07) is 5.41. The number of benzene rings is 1. The molecule has 1 aromatic rings. The van der Waals surface area contributed by atoms with E-state index in [2.05, 4.69) is 10.2 Å². The second kappa shape index (κ2) is 7.46. The minimum absolute atomic E-state index is 0.0461. The van der Waals surface area contributed by atoms with Crippen LogP contribution in [0.25, 0.3) is 0 Å². The Balaban J connectivity index is 2.23. The lowest BCUT2D eigenvalue weighted by Gasteiger charge is -2.33. The summed E-state index contributed by atoms with van der Waals surface area (Å²) in [4.78, 5) is 27.9. The summed E-state index contributed by atoms with van der Waals surface area (Å²) in [5.74, 6) is 0.576. The molecule has 1 unspecified atom stereocenters. The van der Waals surface area contributed by atoms with Crippen molar-refractivity contribution in [3.05, 3.63) is 18.2 Å². The molecule has 6 heteroatoms. The number of anilines is 2. The van der Waals surface area contributed by atoms with E-state index in [1.54, 1.807) is 24.8 Å². The summed E-state index contributed by atoms with van der Waals surface area (Å²) in [5, 5.41) is 2.82. The van der Waals surface area contributed by atoms with Gasteiger partial charge in [0.15, 0.2) is 6.10 Å². The van der Waals surface area contributed by atoms with Gasteiger partial charge in [-0.25, -0.2) is 0 Å². The molecule has 0 aliphatic carbocycles. The summed E-state index contributed by atoms with van der Waals surface area (Å²) in [6.45, 7) is 5.09. The molecule has 2 amide bonds. The molecule has 2 rings (SSSR count). The van der Waals surface area contributed by atoms with Crippen LogP contribution in [0.1, 0.15) is 26.7 Å². The molecule has 0 fully saturated rings. The van der Waals surface area contributed by atoms with E-state index < -0.39 is 6.10 Å². The maximum absolute atomic E-state index is 12.5. The zero-order valence-corrected chi connectivity index (χ0v) is 14.3. The fourth-order valence-corrected chi connectivity index (χ4v) is 2.51. The van der Waals surface area contributed by atoms with Gasteiger partial charge in [-0.2, -0.15) is 0 Å². The predicted octanol–water partition coefficient (Wildman–Crippen LogP) is 2.10. The average molecular weight is 319 g/mol. The number of hydrogen-bond donors (Lipinski definition) is 1. The van der Waals surface area contributed by atoms with Crippen molar-refractivity contribution in [3.8, 4) is 5.75 Å². The van der Waals surface area contributed by atoms with Gasteiger partial charge in [-0.1, -0.05) is 6.92 Å². The van der Waals surface area contributed by atoms with Crippen molar-refractivity contribution in [2.24, 2.45) is 0 Å². The molecular formula is C17H25N3O3. The maximum Gasteiger partial charge on any atom is 0.267 e. The molecule has 1 atom stereocenters. The van der Waals surface area contributed by atoms with Gasteiger partial charge in [0.2, 0.25) is 5.91 Å². The van der Waals surface area contributed by atoms with Crippen molar-refractivity contribution in [3.63, 3.8) is 0 Å². The smallest absolute Gasteiger partial charge is 0.267 e. The molecule has 0 aromatic heterocycles. The topological polar surface area (TPSA) is 61.9 Å². The van der Waals surface area contributed by atoms with Crippen LogP contribution < -0.4 is 15.0 Å². The zero-order chi connectivity index (χ0) is 17.0. The van der Waals surface area contributed by atoms with Crippen LogP contribution in [-0.2, 0) is 9.59 Å². The highest BCUT2D eigenvalue weighted by atomic mass is 16.5. The maximum atomic E-state index is 12.5. The van der Waals surface area contributed by atoms with Gasteiger partial charge >= 0.3 is 0 Å². The van der Waals surface area contributed by atoms with Crippen LogP contribution in [0.2, 0.25) is 0 Å². The highest BCUT2D eigenvalue weighted by Gasteiger charge is 2.31. The van der Waals surface area contributed by atoms with E-state index in [0.29, 0.717) is 24.4 Å². The van der Waals surface area contributed by atoms with E-state index in [-0.39, 0.29) is 11.8 Å². The van der Waals surface area contributed by atoms with Gasteiger partial charge in [0.1, 0.15) is 5.75 Å². The van der Waals surface area contributed by atoms with Crippen molar-refractivity contribution >= 4 is 23.2 Å². The van der Waals surface area contributed by atoms with Crippen molar-refractivity contribution in [2.45, 2.75) is 32.8 Å². The molecule has 23 heavy (non-hydrogen) atoms. The first-order valence-electron chi connectivity index (χ1n) is 7.99. The molecule has 0 radical (unpaired) electrons. The van der Waals surface area contributed by atoms with Crippen molar-refractivity contribution < 1.29 is 14.3 Å². The van der Waals surface area contributed by atoms with Crippen molar-refractivity contribution in [1.29, 1.82) is 0 Å². The number of nitrogens with zero attached hydrogens (tertiary/aromatic N) is 2. The van der Waals surface area contributed by atoms with Crippen molar-refractivity contribution in [2.75, 3.05) is 37.4 Å². The van der Waals surface area contributed by atoms with Crippen LogP contribution in [0.5, 0.6) is 5.75 Å². The third-order valence-corrected chi connectivity index (χ3v) is 3.76. The predicted molar refractivity (Wildman–Crippen MR) is 91.0 cm³/mol. The van der Waals surface area contributed by atoms with Crippen LogP contribution in [0.3, 0.4) is 0 Å². The number of carbonyl (C=O) groups excluding carboxylic acids is 2. The van der Waals surface area contributed by atoms with Crippen LogP contribution in [0.4, 0.5) is 11.4 Å². The quantitative estimate of drug-likeness (QED) is 0.872. The van der Waals surface area contributed by atoms with E-state index in [0.717, 1.165) is 18.7 Å². The normalized spacial score (nSPS) is 17.0. The largest absolute Gasteiger partial charge is 0.479 e. The Morgan fingerprint density at radius 1 is 1.39 bits per heavy atom. The zero-order valence-electron chi connectivity index (χ0n) is 14.3. The molecule has 0 spiro atoms. The Morgan fingerprint density at radius 2 is 2.13 bits per heavy atom. The van der Waals surface area contributed by atoms with Gasteiger partial charge in [0.05, 0.1) is 5.69 Å². The van der Waals surface area contributed by atoms with E-state index in [4.69, 9.17) is 4.74 Å². The third-order valence-electron chi connectivity index (χ3n) is 3.76. The SMILES string of the molecule is CCC(=O)Nc1ccc2c(c1)N(CCCN(C)C)C(=O)C(C)O2. The van der Waals surface area contributed by atoms with E-state index >= 15 is 0 Å². The Hall–Kier alpha value is -2.08. The Kier molecular flexibility index (Phi) is 5.60. The molecule has 0 saturated heterocycles. The number of ether oxygens (including phenoxy) is 1. The highest BCUT2D eigenvalue weighted by Crippen LogP contribution is 2.36. The van der Waals surface area contributed by atoms with Gasteiger partial charge in [0.25, 0.3) is 5.91 Å². The molecule has 0 saturated carbocycles. The standard InChI is InChI=1S/C17H25N3O3/c1-5-16(21)18-13-7-8-15-14(11-13)20(10-6-9-19(3)4)17(22)12(2)23-15/h7-8,11-12H,5-6,9-10H2,1-4H3,(H,18,21). The lowest BCUT2D eigenvalue weighted by atomic mass is 10.1. The van der Waals surface area contributed by atoms with Crippen LogP contribution >= 0.6 is 0 Å². The number of nitrogens with one attached hydrogen (secondary N) is 1. The summed E-state index contributed by atoms with van der Waals surface area (Å²) in [6.07, 6.45) is 0.796. The monoisotopic (exact) mass is 319 g/mol. The summed E-state index contributed by atoms with van der Waals surface area (Å²) in [7, 11) is 4.02. The van der Waals surface area contributed by atoms with Crippen LogP contribution in [-0.4, -0.2) is 50.0 Å². The first kappa shape index (κ1) is 17.3. The Morgan fingerprint density at radius 3 is 2.78 bits per heavy atom. The Labute approximate surface area is 137 Å². The minimum Gasteiger partial charge on any atom is -0.479 e. The first-order valence-corrected chi connectivity index (χ1v) is 7.99. The third kappa shape index (κ3) is 4.22. The Bertz CT molecular complexity index is 586. The van der Waals surface area contributed by atoms with E-state index in [1.807, 2.05) is 26.2 Å². The highest BCUT2D eigenvalue weighted by molar-refractivity contribution is 6.01. The van der Waals surface area contributed by atoms with E-state index in [1.165, 1.54) is 0 Å². The summed E-state index contributed by atoms with van der Waals surface area (Å²) >= 11 is 0. The number of fused-ring (bicyclic) bond motifs is 1. The molecule has 1 aliphatic rings. The summed E-state index contributed by atoms with van der Waals surface area (Å²) < 4.78 is 5.67. The second-order valence-electron chi connectivity index (χ2n) is 5.99. The van der Waals surface area contributed by atoms with Crippen molar-refractivity contribution in [1.82, 2.24) is 4.90 Å². The average Bonchev–Trinajstić information content (AvgIpc) is 2.51. The van der Waals surface area contributed by atoms with Gasteiger partial charge in [-0.05, 0) is 52.2 Å².